The van der Waals surface area contributed by atoms with Crippen molar-refractivity contribution in [2.24, 2.45) is 0 Å². The fourth-order valence-corrected chi connectivity index (χ4v) is 6.09. The van der Waals surface area contributed by atoms with Gasteiger partial charge in [0.25, 0.3) is 5.91 Å². The minimum absolute atomic E-state index is 0.0271. The number of nitrogens with zero attached hydrogens (tertiary/aromatic N) is 2. The molecule has 0 bridgehead atoms. The molecule has 202 valence electrons. The number of dihydropyridines is 1. The minimum Gasteiger partial charge on any atom is -0.492 e. The molecular weight excluding hydrogens is 546 g/mol. The molecule has 0 spiro atoms. The summed E-state index contributed by atoms with van der Waals surface area (Å²) < 4.78 is 12.2. The Labute approximate surface area is 238 Å². The number of nitriles is 1. The van der Waals surface area contributed by atoms with Gasteiger partial charge in [0, 0.05) is 5.70 Å². The quantitative estimate of drug-likeness (QED) is 0.223. The lowest BCUT2D eigenvalue weighted by molar-refractivity contribution is -0.114. The van der Waals surface area contributed by atoms with Gasteiger partial charge in [-0.2, -0.15) is 5.26 Å². The van der Waals surface area contributed by atoms with Crippen molar-refractivity contribution in [3.63, 3.8) is 0 Å². The monoisotopic (exact) mass is 571 g/mol. The average molecular weight is 572 g/mol. The summed E-state index contributed by atoms with van der Waals surface area (Å²) in [7, 11) is 0. The van der Waals surface area contributed by atoms with Crippen molar-refractivity contribution < 1.29 is 18.7 Å². The second kappa shape index (κ2) is 12.1. The molecule has 1 aliphatic rings. The molecule has 1 aliphatic heterocycles. The average Bonchev–Trinajstić information content (AvgIpc) is 3.62. The molecule has 9 nitrogen and oxygen atoms in total. The number of thiazole rings is 1. The lowest BCUT2D eigenvalue weighted by atomic mass is 9.85. The number of thioether (sulfide) groups is 1. The molecule has 1 atom stereocenters. The Morgan fingerprint density at radius 2 is 1.95 bits per heavy atom. The van der Waals surface area contributed by atoms with Gasteiger partial charge in [-0.15, -0.1) is 0 Å². The molecule has 40 heavy (non-hydrogen) atoms. The third-order valence-electron chi connectivity index (χ3n) is 6.04. The number of ether oxygens (including phenoxy) is 1. The van der Waals surface area contributed by atoms with Crippen LogP contribution in [0, 0.1) is 11.3 Å². The van der Waals surface area contributed by atoms with Crippen molar-refractivity contribution in [3.05, 3.63) is 94.6 Å². The number of hydrogen-bond donors (Lipinski definition) is 3. The number of aromatic nitrogens is 1. The summed E-state index contributed by atoms with van der Waals surface area (Å²) in [4.78, 5) is 30.9. The Balaban J connectivity index is 1.38. The number of amides is 2. The van der Waals surface area contributed by atoms with Crippen LogP contribution >= 0.6 is 23.1 Å². The Kier molecular flexibility index (Phi) is 8.19. The highest BCUT2D eigenvalue weighted by atomic mass is 32.2. The molecule has 4 aromatic rings. The van der Waals surface area contributed by atoms with Crippen molar-refractivity contribution in [1.29, 1.82) is 5.26 Å². The molecule has 0 unspecified atom stereocenters. The number of furan rings is 1. The van der Waals surface area contributed by atoms with Gasteiger partial charge < -0.3 is 19.8 Å². The molecule has 2 aromatic heterocycles. The molecule has 2 aromatic carbocycles. The van der Waals surface area contributed by atoms with Gasteiger partial charge in [0.1, 0.15) is 11.5 Å². The summed E-state index contributed by atoms with van der Waals surface area (Å²) in [6, 6.07) is 20.5. The smallest absolute Gasteiger partial charge is 0.256 e. The highest BCUT2D eigenvalue weighted by Crippen LogP contribution is 2.41. The third-order valence-corrected chi connectivity index (χ3v) is 8.01. The number of para-hydroxylation sites is 3. The number of rotatable bonds is 9. The molecule has 0 saturated carbocycles. The van der Waals surface area contributed by atoms with E-state index in [1.165, 1.54) is 29.4 Å². The Bertz CT molecular complexity index is 1630. The first-order valence-electron chi connectivity index (χ1n) is 12.4. The molecule has 0 aliphatic carbocycles. The van der Waals surface area contributed by atoms with Crippen LogP contribution < -0.4 is 20.7 Å². The molecular formula is C29H25N5O4S2. The summed E-state index contributed by atoms with van der Waals surface area (Å²) in [5.41, 5.74) is 2.52. The molecule has 0 radical (unpaired) electrons. The Morgan fingerprint density at radius 3 is 2.70 bits per heavy atom. The maximum Gasteiger partial charge on any atom is 0.256 e. The predicted molar refractivity (Wildman–Crippen MR) is 157 cm³/mol. The normalized spacial score (nSPS) is 15.0. The molecule has 2 amide bonds. The van der Waals surface area contributed by atoms with E-state index in [2.05, 4.69) is 27.0 Å². The maximum atomic E-state index is 13.6. The van der Waals surface area contributed by atoms with Crippen LogP contribution in [0.4, 0.5) is 10.8 Å². The largest absolute Gasteiger partial charge is 0.492 e. The van der Waals surface area contributed by atoms with Crippen molar-refractivity contribution in [1.82, 2.24) is 10.3 Å². The van der Waals surface area contributed by atoms with E-state index >= 15 is 0 Å². The van der Waals surface area contributed by atoms with Crippen LogP contribution in [0.5, 0.6) is 5.75 Å². The number of hydrogen-bond acceptors (Lipinski definition) is 9. The number of allylic oxidation sites excluding steroid dienone is 2. The lowest BCUT2D eigenvalue weighted by Gasteiger charge is -2.28. The van der Waals surface area contributed by atoms with Gasteiger partial charge in [-0.05, 0) is 50.2 Å². The number of anilines is 2. The van der Waals surface area contributed by atoms with Gasteiger partial charge >= 0.3 is 0 Å². The number of benzene rings is 2. The van der Waals surface area contributed by atoms with Crippen LogP contribution in [0.2, 0.25) is 0 Å². The zero-order valence-electron chi connectivity index (χ0n) is 21.7. The van der Waals surface area contributed by atoms with Crippen LogP contribution in [0.3, 0.4) is 0 Å². The number of carbonyl (C=O) groups is 2. The topological polar surface area (TPSA) is 129 Å². The van der Waals surface area contributed by atoms with Crippen LogP contribution in [0.25, 0.3) is 10.2 Å². The fourth-order valence-electron chi connectivity index (χ4n) is 4.33. The number of nitrogens with one attached hydrogen (secondary N) is 3. The maximum absolute atomic E-state index is 13.6. The van der Waals surface area contributed by atoms with Gasteiger partial charge in [-0.1, -0.05) is 47.4 Å². The first-order chi connectivity index (χ1) is 19.5. The highest BCUT2D eigenvalue weighted by Gasteiger charge is 2.36. The van der Waals surface area contributed by atoms with Crippen LogP contribution in [0.1, 0.15) is 25.5 Å². The van der Waals surface area contributed by atoms with E-state index in [1.54, 1.807) is 31.2 Å². The molecule has 0 fully saturated rings. The van der Waals surface area contributed by atoms with Gasteiger partial charge in [-0.25, -0.2) is 4.98 Å². The number of carbonyl (C=O) groups excluding carboxylic acids is 2. The van der Waals surface area contributed by atoms with Crippen molar-refractivity contribution >= 4 is 55.9 Å². The van der Waals surface area contributed by atoms with Crippen molar-refractivity contribution in [3.8, 4) is 11.8 Å². The van der Waals surface area contributed by atoms with E-state index in [1.807, 2.05) is 43.3 Å². The molecule has 5 rings (SSSR count). The fraction of sp³-hybridized carbons (Fsp3) is 0.172. The van der Waals surface area contributed by atoms with E-state index in [4.69, 9.17) is 9.15 Å². The van der Waals surface area contributed by atoms with E-state index in [0.29, 0.717) is 45.2 Å². The minimum atomic E-state index is -0.764. The summed E-state index contributed by atoms with van der Waals surface area (Å²) in [5.74, 6) is -0.373. The lowest BCUT2D eigenvalue weighted by Crippen LogP contribution is -2.31. The van der Waals surface area contributed by atoms with Gasteiger partial charge in [0.2, 0.25) is 5.91 Å². The summed E-state index contributed by atoms with van der Waals surface area (Å²) in [6.07, 6.45) is 1.50. The zero-order valence-corrected chi connectivity index (χ0v) is 23.3. The zero-order chi connectivity index (χ0) is 28.1. The first kappa shape index (κ1) is 27.1. The van der Waals surface area contributed by atoms with Crippen LogP contribution in [0.15, 0.2) is 93.2 Å². The molecule has 0 saturated heterocycles. The summed E-state index contributed by atoms with van der Waals surface area (Å²) in [6.45, 7) is 4.10. The van der Waals surface area contributed by atoms with Crippen molar-refractivity contribution in [2.45, 2.75) is 19.8 Å². The highest BCUT2D eigenvalue weighted by molar-refractivity contribution is 8.03. The standard InChI is InChI=1S/C29H25N5O4S2/c1-3-37-21-11-6-4-9-19(21)32-24(35)16-39-28-18(15-30)26(22-12-8-14-38-22)25(17(2)31-28)27(36)34-29-33-20-10-5-7-13-23(20)40-29/h4-14,26,31H,3,16H2,1-2H3,(H,32,35)(H,33,34,36)/t26-/m1/s1. The van der Waals surface area contributed by atoms with E-state index in [-0.39, 0.29) is 17.2 Å². The summed E-state index contributed by atoms with van der Waals surface area (Å²) >= 11 is 2.55. The van der Waals surface area contributed by atoms with Crippen LogP contribution in [-0.4, -0.2) is 29.2 Å². The molecule has 11 heteroatoms. The van der Waals surface area contributed by atoms with E-state index in [0.717, 1.165) is 10.2 Å². The molecule has 3 N–H and O–H groups in total. The third kappa shape index (κ3) is 5.73. The van der Waals surface area contributed by atoms with Crippen LogP contribution in [-0.2, 0) is 9.59 Å². The second-order valence-corrected chi connectivity index (χ2v) is 10.7. The van der Waals surface area contributed by atoms with E-state index < -0.39 is 11.8 Å². The SMILES string of the molecule is CCOc1ccccc1NC(=O)CSC1=C(C#N)[C@H](c2ccco2)C(C(=O)Nc2nc3ccccc3s2)=C(C)N1. The molecule has 3 heterocycles. The second-order valence-electron chi connectivity index (χ2n) is 8.67. The van der Waals surface area contributed by atoms with Gasteiger partial charge in [0.05, 0.1) is 62.7 Å². The van der Waals surface area contributed by atoms with E-state index in [9.17, 15) is 14.9 Å². The van der Waals surface area contributed by atoms with Gasteiger partial charge in [-0.3, -0.25) is 14.9 Å². The first-order valence-corrected chi connectivity index (χ1v) is 14.3. The summed E-state index contributed by atoms with van der Waals surface area (Å²) in [5, 5.41) is 20.1. The number of fused-ring (bicyclic) bond motifs is 1. The predicted octanol–water partition coefficient (Wildman–Crippen LogP) is 5.99. The van der Waals surface area contributed by atoms with Crippen molar-refractivity contribution in [2.75, 3.05) is 23.0 Å². The van der Waals surface area contributed by atoms with Gasteiger partial charge in [0.15, 0.2) is 5.13 Å². The Hall–Kier alpha value is -4.53. The Morgan fingerprint density at radius 1 is 1.15 bits per heavy atom.